The average Bonchev–Trinajstić information content (AvgIpc) is 2.05. The molecule has 2 nitrogen and oxygen atoms in total. The lowest BCUT2D eigenvalue weighted by molar-refractivity contribution is 0.407. The summed E-state index contributed by atoms with van der Waals surface area (Å²) in [7, 11) is -1.37. The SMILES string of the molecule is Cc1ccc(CC(C)(C)C)c(B(O)O)c1. The molecule has 0 saturated heterocycles. The van der Waals surface area contributed by atoms with Gasteiger partial charge in [-0.15, -0.1) is 0 Å². The van der Waals surface area contributed by atoms with Gasteiger partial charge in [0, 0.05) is 0 Å². The fraction of sp³-hybridized carbons (Fsp3) is 0.500. The van der Waals surface area contributed by atoms with Gasteiger partial charge in [0.1, 0.15) is 0 Å². The first kappa shape index (κ1) is 12.3. The molecule has 0 bridgehead atoms. The first-order valence-corrected chi connectivity index (χ1v) is 5.25. The van der Waals surface area contributed by atoms with Crippen LogP contribution in [0.2, 0.25) is 0 Å². The molecule has 0 atom stereocenters. The van der Waals surface area contributed by atoms with Gasteiger partial charge in [-0.25, -0.2) is 0 Å². The van der Waals surface area contributed by atoms with Crippen molar-refractivity contribution in [3.8, 4) is 0 Å². The lowest BCUT2D eigenvalue weighted by atomic mass is 9.73. The zero-order valence-electron chi connectivity index (χ0n) is 9.91. The van der Waals surface area contributed by atoms with Crippen molar-refractivity contribution in [2.24, 2.45) is 5.41 Å². The molecule has 0 heterocycles. The molecular formula is C12H19BO2. The zero-order chi connectivity index (χ0) is 11.6. The Kier molecular flexibility index (Phi) is 3.58. The van der Waals surface area contributed by atoms with Gasteiger partial charge >= 0.3 is 7.12 Å². The molecule has 0 amide bonds. The van der Waals surface area contributed by atoms with Gasteiger partial charge in [0.25, 0.3) is 0 Å². The molecule has 0 aliphatic heterocycles. The second kappa shape index (κ2) is 4.37. The van der Waals surface area contributed by atoms with Crippen molar-refractivity contribution < 1.29 is 10.0 Å². The molecule has 2 N–H and O–H groups in total. The van der Waals surface area contributed by atoms with Crippen molar-refractivity contribution in [3.05, 3.63) is 29.3 Å². The minimum atomic E-state index is -1.37. The smallest absolute Gasteiger partial charge is 0.423 e. The van der Waals surface area contributed by atoms with E-state index in [0.717, 1.165) is 17.5 Å². The quantitative estimate of drug-likeness (QED) is 0.715. The van der Waals surface area contributed by atoms with Crippen LogP contribution in [0.3, 0.4) is 0 Å². The predicted octanol–water partition coefficient (Wildman–Crippen LogP) is 1.26. The second-order valence-corrected chi connectivity index (χ2v) is 5.31. The summed E-state index contributed by atoms with van der Waals surface area (Å²) in [5, 5.41) is 18.6. The molecule has 15 heavy (non-hydrogen) atoms. The van der Waals surface area contributed by atoms with E-state index in [0.29, 0.717) is 5.46 Å². The van der Waals surface area contributed by atoms with Crippen LogP contribution in [0.15, 0.2) is 18.2 Å². The Hall–Kier alpha value is -0.795. The third-order valence-electron chi connectivity index (χ3n) is 2.30. The van der Waals surface area contributed by atoms with Crippen LogP contribution in [0.25, 0.3) is 0 Å². The molecule has 0 radical (unpaired) electrons. The molecule has 1 rings (SSSR count). The van der Waals surface area contributed by atoms with E-state index in [-0.39, 0.29) is 5.41 Å². The van der Waals surface area contributed by atoms with Gasteiger partial charge in [-0.1, -0.05) is 44.5 Å². The highest BCUT2D eigenvalue weighted by Gasteiger charge is 2.20. The highest BCUT2D eigenvalue weighted by Crippen LogP contribution is 2.19. The van der Waals surface area contributed by atoms with Crippen LogP contribution in [-0.2, 0) is 6.42 Å². The minimum absolute atomic E-state index is 0.152. The van der Waals surface area contributed by atoms with Crippen LogP contribution < -0.4 is 5.46 Å². The first-order valence-electron chi connectivity index (χ1n) is 5.25. The summed E-state index contributed by atoms with van der Waals surface area (Å²) in [6, 6.07) is 5.83. The predicted molar refractivity (Wildman–Crippen MR) is 64.2 cm³/mol. The Morgan fingerprint density at radius 2 is 1.80 bits per heavy atom. The molecule has 0 aromatic heterocycles. The summed E-state index contributed by atoms with van der Waals surface area (Å²) in [5.41, 5.74) is 2.85. The zero-order valence-corrected chi connectivity index (χ0v) is 9.91. The molecule has 0 aliphatic carbocycles. The van der Waals surface area contributed by atoms with Crippen molar-refractivity contribution in [2.45, 2.75) is 34.1 Å². The first-order chi connectivity index (χ1) is 6.79. The van der Waals surface area contributed by atoms with Crippen molar-refractivity contribution in [1.29, 1.82) is 0 Å². The monoisotopic (exact) mass is 206 g/mol. The normalized spacial score (nSPS) is 11.6. The lowest BCUT2D eigenvalue weighted by Crippen LogP contribution is -2.34. The largest absolute Gasteiger partial charge is 0.488 e. The van der Waals surface area contributed by atoms with E-state index in [4.69, 9.17) is 0 Å². The molecule has 3 heteroatoms. The van der Waals surface area contributed by atoms with E-state index < -0.39 is 7.12 Å². The maximum Gasteiger partial charge on any atom is 0.488 e. The summed E-state index contributed by atoms with van der Waals surface area (Å²) in [5.74, 6) is 0. The van der Waals surface area contributed by atoms with E-state index in [9.17, 15) is 10.0 Å². The van der Waals surface area contributed by atoms with Gasteiger partial charge in [0.05, 0.1) is 0 Å². The average molecular weight is 206 g/mol. The molecule has 1 aromatic rings. The fourth-order valence-corrected chi connectivity index (χ4v) is 1.69. The Morgan fingerprint density at radius 3 is 2.27 bits per heavy atom. The number of aryl methyl sites for hydroxylation is 1. The summed E-state index contributed by atoms with van der Waals surface area (Å²) >= 11 is 0. The van der Waals surface area contributed by atoms with E-state index in [1.807, 2.05) is 25.1 Å². The summed E-state index contributed by atoms with van der Waals surface area (Å²) < 4.78 is 0. The van der Waals surface area contributed by atoms with E-state index in [1.54, 1.807) is 0 Å². The van der Waals surface area contributed by atoms with E-state index in [1.165, 1.54) is 0 Å². The van der Waals surface area contributed by atoms with Crippen molar-refractivity contribution in [3.63, 3.8) is 0 Å². The standard InChI is InChI=1S/C12H19BO2/c1-9-5-6-10(8-12(2,3)4)11(7-9)13(14)15/h5-7,14-15H,8H2,1-4H3. The van der Waals surface area contributed by atoms with Crippen molar-refractivity contribution >= 4 is 12.6 Å². The summed E-state index contributed by atoms with van der Waals surface area (Å²) in [6.45, 7) is 8.37. The van der Waals surface area contributed by atoms with Crippen LogP contribution in [0.5, 0.6) is 0 Å². The van der Waals surface area contributed by atoms with Gasteiger partial charge in [-0.2, -0.15) is 0 Å². The van der Waals surface area contributed by atoms with Crippen LogP contribution >= 0.6 is 0 Å². The van der Waals surface area contributed by atoms with E-state index >= 15 is 0 Å². The number of rotatable bonds is 2. The van der Waals surface area contributed by atoms with Gasteiger partial charge in [0.15, 0.2) is 0 Å². The molecule has 0 saturated carbocycles. The summed E-state index contributed by atoms with van der Waals surface area (Å²) in [4.78, 5) is 0. The van der Waals surface area contributed by atoms with E-state index in [2.05, 4.69) is 20.8 Å². The second-order valence-electron chi connectivity index (χ2n) is 5.31. The third-order valence-corrected chi connectivity index (χ3v) is 2.30. The molecule has 0 unspecified atom stereocenters. The molecule has 1 aromatic carbocycles. The minimum Gasteiger partial charge on any atom is -0.423 e. The third kappa shape index (κ3) is 3.69. The Labute approximate surface area is 92.1 Å². The lowest BCUT2D eigenvalue weighted by Gasteiger charge is -2.20. The molecule has 0 fully saturated rings. The fourth-order valence-electron chi connectivity index (χ4n) is 1.69. The number of hydrogen-bond acceptors (Lipinski definition) is 2. The van der Waals surface area contributed by atoms with Crippen LogP contribution in [-0.4, -0.2) is 17.2 Å². The molecule has 82 valence electrons. The highest BCUT2D eigenvalue weighted by atomic mass is 16.4. The highest BCUT2D eigenvalue weighted by molar-refractivity contribution is 6.59. The van der Waals surface area contributed by atoms with Crippen LogP contribution in [0, 0.1) is 12.3 Å². The Bertz CT molecular complexity index is 340. The molecule has 0 aliphatic rings. The van der Waals surface area contributed by atoms with Gasteiger partial charge in [0.2, 0.25) is 0 Å². The Balaban J connectivity index is 3.06. The topological polar surface area (TPSA) is 40.5 Å². The van der Waals surface area contributed by atoms with Gasteiger partial charge in [-0.05, 0) is 29.8 Å². The van der Waals surface area contributed by atoms with Gasteiger partial charge < -0.3 is 10.0 Å². The number of hydrogen-bond donors (Lipinski definition) is 2. The Morgan fingerprint density at radius 1 is 1.20 bits per heavy atom. The van der Waals surface area contributed by atoms with Crippen molar-refractivity contribution in [1.82, 2.24) is 0 Å². The maximum absolute atomic E-state index is 9.28. The maximum atomic E-state index is 9.28. The van der Waals surface area contributed by atoms with Crippen LogP contribution in [0.4, 0.5) is 0 Å². The van der Waals surface area contributed by atoms with Crippen LogP contribution in [0.1, 0.15) is 31.9 Å². The number of benzene rings is 1. The molecule has 0 spiro atoms. The summed E-state index contributed by atoms with van der Waals surface area (Å²) in [6.07, 6.45) is 0.847. The molecular weight excluding hydrogens is 187 g/mol. The van der Waals surface area contributed by atoms with Gasteiger partial charge in [-0.3, -0.25) is 0 Å². The van der Waals surface area contributed by atoms with Crippen molar-refractivity contribution in [2.75, 3.05) is 0 Å².